The average molecular weight is 201 g/mol. The van der Waals surface area contributed by atoms with E-state index in [0.717, 1.165) is 4.90 Å². The molecule has 0 aliphatic carbocycles. The smallest absolute Gasteiger partial charge is 0.323 e. The first-order chi connectivity index (χ1) is 6.61. The highest BCUT2D eigenvalue weighted by Gasteiger charge is 2.10. The van der Waals surface area contributed by atoms with Crippen LogP contribution in [0.15, 0.2) is 0 Å². The maximum atomic E-state index is 11.3. The minimum atomic E-state index is -0.345. The van der Waals surface area contributed by atoms with E-state index in [2.05, 4.69) is 5.32 Å². The first kappa shape index (κ1) is 12.9. The Morgan fingerprint density at radius 1 is 1.57 bits per heavy atom. The molecule has 0 fully saturated rings. The van der Waals surface area contributed by atoms with Crippen molar-refractivity contribution in [2.75, 3.05) is 19.6 Å². The molecule has 3 N–H and O–H groups in total. The Labute approximate surface area is 84.6 Å². The van der Waals surface area contributed by atoms with E-state index in [1.54, 1.807) is 0 Å². The van der Waals surface area contributed by atoms with Gasteiger partial charge in [0.05, 0.1) is 0 Å². The van der Waals surface area contributed by atoms with Gasteiger partial charge in [0.1, 0.15) is 0 Å². The molecule has 0 unspecified atom stereocenters. The van der Waals surface area contributed by atoms with E-state index < -0.39 is 0 Å². The molecule has 0 aromatic heterocycles. The van der Waals surface area contributed by atoms with Gasteiger partial charge in [-0.25, -0.2) is 4.79 Å². The highest BCUT2D eigenvalue weighted by Crippen LogP contribution is 1.91. The van der Waals surface area contributed by atoms with E-state index in [1.165, 1.54) is 0 Å². The number of nitrogens with zero attached hydrogens (tertiary/aromatic N) is 1. The van der Waals surface area contributed by atoms with Gasteiger partial charge in [0, 0.05) is 13.1 Å². The van der Waals surface area contributed by atoms with Crippen molar-refractivity contribution in [2.45, 2.75) is 20.3 Å². The molecule has 0 saturated heterocycles. The number of amides is 3. The average Bonchev–Trinajstić information content (AvgIpc) is 2.16. The normalized spacial score (nSPS) is 10.0. The number of hydrogen-bond acceptors (Lipinski definition) is 3. The lowest BCUT2D eigenvalue weighted by atomic mass is 10.2. The van der Waals surface area contributed by atoms with Gasteiger partial charge in [0.15, 0.2) is 0 Å². The van der Waals surface area contributed by atoms with Crippen LogP contribution in [0, 0.1) is 5.92 Å². The molecule has 0 bridgehead atoms. The van der Waals surface area contributed by atoms with Crippen molar-refractivity contribution in [2.24, 2.45) is 11.7 Å². The van der Waals surface area contributed by atoms with Crippen LogP contribution in [-0.4, -0.2) is 37.0 Å². The Morgan fingerprint density at radius 2 is 2.21 bits per heavy atom. The van der Waals surface area contributed by atoms with Crippen molar-refractivity contribution in [3.63, 3.8) is 0 Å². The Balaban J connectivity index is 3.85. The fraction of sp³-hybridized carbons (Fsp3) is 0.778. The number of rotatable bonds is 6. The molecule has 14 heavy (non-hydrogen) atoms. The van der Waals surface area contributed by atoms with Crippen LogP contribution in [0.25, 0.3) is 0 Å². The van der Waals surface area contributed by atoms with Gasteiger partial charge in [-0.3, -0.25) is 9.69 Å². The molecule has 0 aliphatic rings. The topological polar surface area (TPSA) is 75.4 Å². The number of imide groups is 1. The monoisotopic (exact) mass is 201 g/mol. The van der Waals surface area contributed by atoms with Crippen molar-refractivity contribution in [1.82, 2.24) is 10.2 Å². The van der Waals surface area contributed by atoms with E-state index in [4.69, 9.17) is 5.73 Å². The van der Waals surface area contributed by atoms with Crippen molar-refractivity contribution in [3.8, 4) is 0 Å². The van der Waals surface area contributed by atoms with Gasteiger partial charge in [0.25, 0.3) is 0 Å². The SMILES string of the molecule is CC(C)CNC(=O)N(C=O)CCCN. The van der Waals surface area contributed by atoms with Crippen LogP contribution in [0.4, 0.5) is 4.79 Å². The Kier molecular flexibility index (Phi) is 6.74. The second-order valence-corrected chi connectivity index (χ2v) is 3.52. The van der Waals surface area contributed by atoms with Crippen molar-refractivity contribution >= 4 is 12.4 Å². The first-order valence-electron chi connectivity index (χ1n) is 4.81. The standard InChI is InChI=1S/C9H19N3O2/c1-8(2)6-11-9(14)12(7-13)5-3-4-10/h7-8H,3-6,10H2,1-2H3,(H,11,14). The zero-order valence-electron chi connectivity index (χ0n) is 8.82. The summed E-state index contributed by atoms with van der Waals surface area (Å²) < 4.78 is 0. The van der Waals surface area contributed by atoms with Gasteiger partial charge in [-0.1, -0.05) is 13.8 Å². The lowest BCUT2D eigenvalue weighted by Gasteiger charge is -2.16. The summed E-state index contributed by atoms with van der Waals surface area (Å²) in [6.45, 7) is 5.41. The molecule has 0 radical (unpaired) electrons. The lowest BCUT2D eigenvalue weighted by Crippen LogP contribution is -2.41. The minimum absolute atomic E-state index is 0.345. The van der Waals surface area contributed by atoms with Crippen molar-refractivity contribution < 1.29 is 9.59 Å². The first-order valence-corrected chi connectivity index (χ1v) is 4.81. The second kappa shape index (κ2) is 7.32. The predicted octanol–water partition coefficient (Wildman–Crippen LogP) is 0.159. The molecule has 5 heteroatoms. The Hall–Kier alpha value is -1.10. The number of urea groups is 1. The molecular formula is C9H19N3O2. The van der Waals surface area contributed by atoms with Crippen LogP contribution in [0.2, 0.25) is 0 Å². The molecule has 0 heterocycles. The molecule has 5 nitrogen and oxygen atoms in total. The zero-order valence-corrected chi connectivity index (χ0v) is 8.82. The quantitative estimate of drug-likeness (QED) is 0.601. The summed E-state index contributed by atoms with van der Waals surface area (Å²) in [5.74, 6) is 0.377. The van der Waals surface area contributed by atoms with Gasteiger partial charge in [0.2, 0.25) is 6.41 Å². The van der Waals surface area contributed by atoms with Crippen LogP contribution < -0.4 is 11.1 Å². The number of hydrogen-bond donors (Lipinski definition) is 2. The molecular weight excluding hydrogens is 182 g/mol. The molecule has 0 saturated carbocycles. The largest absolute Gasteiger partial charge is 0.337 e. The molecule has 0 aromatic rings. The number of carbonyl (C=O) groups is 2. The van der Waals surface area contributed by atoms with Crippen LogP contribution in [-0.2, 0) is 4.79 Å². The molecule has 0 aromatic carbocycles. The summed E-state index contributed by atoms with van der Waals surface area (Å²) in [5.41, 5.74) is 5.28. The fourth-order valence-corrected chi connectivity index (χ4v) is 0.857. The van der Waals surface area contributed by atoms with E-state index in [0.29, 0.717) is 38.4 Å². The third kappa shape index (κ3) is 5.53. The highest BCUT2D eigenvalue weighted by molar-refractivity contribution is 5.84. The van der Waals surface area contributed by atoms with Crippen molar-refractivity contribution in [3.05, 3.63) is 0 Å². The van der Waals surface area contributed by atoms with E-state index >= 15 is 0 Å². The van der Waals surface area contributed by atoms with Crippen LogP contribution in [0.5, 0.6) is 0 Å². The summed E-state index contributed by atoms with van der Waals surface area (Å²) in [6, 6.07) is -0.345. The molecule has 0 spiro atoms. The zero-order chi connectivity index (χ0) is 11.0. The maximum Gasteiger partial charge on any atom is 0.323 e. The second-order valence-electron chi connectivity index (χ2n) is 3.52. The summed E-state index contributed by atoms with van der Waals surface area (Å²) in [4.78, 5) is 23.0. The van der Waals surface area contributed by atoms with Gasteiger partial charge in [-0.05, 0) is 18.9 Å². The number of nitrogens with one attached hydrogen (secondary N) is 1. The molecule has 3 amide bonds. The molecule has 82 valence electrons. The van der Waals surface area contributed by atoms with Gasteiger partial charge >= 0.3 is 6.03 Å². The summed E-state index contributed by atoms with van der Waals surface area (Å²) in [6.07, 6.45) is 1.17. The third-order valence-corrected chi connectivity index (χ3v) is 1.65. The minimum Gasteiger partial charge on any atom is -0.337 e. The Bertz CT molecular complexity index is 183. The van der Waals surface area contributed by atoms with Gasteiger partial charge in [-0.15, -0.1) is 0 Å². The van der Waals surface area contributed by atoms with Crippen LogP contribution >= 0.6 is 0 Å². The summed E-state index contributed by atoms with van der Waals surface area (Å²) in [7, 11) is 0. The van der Waals surface area contributed by atoms with Gasteiger partial charge < -0.3 is 11.1 Å². The lowest BCUT2D eigenvalue weighted by molar-refractivity contribution is -0.115. The number of nitrogens with two attached hydrogens (primary N) is 1. The summed E-state index contributed by atoms with van der Waals surface area (Å²) >= 11 is 0. The Morgan fingerprint density at radius 3 is 2.64 bits per heavy atom. The third-order valence-electron chi connectivity index (χ3n) is 1.65. The summed E-state index contributed by atoms with van der Waals surface area (Å²) in [5, 5.41) is 2.66. The fourth-order valence-electron chi connectivity index (χ4n) is 0.857. The van der Waals surface area contributed by atoms with Gasteiger partial charge in [-0.2, -0.15) is 0 Å². The van der Waals surface area contributed by atoms with Crippen LogP contribution in [0.3, 0.4) is 0 Å². The van der Waals surface area contributed by atoms with Crippen molar-refractivity contribution in [1.29, 1.82) is 0 Å². The van der Waals surface area contributed by atoms with Crippen LogP contribution in [0.1, 0.15) is 20.3 Å². The molecule has 0 aliphatic heterocycles. The highest BCUT2D eigenvalue weighted by atomic mass is 16.2. The molecule has 0 atom stereocenters. The molecule has 0 rings (SSSR count). The predicted molar refractivity (Wildman–Crippen MR) is 54.7 cm³/mol. The number of carbonyl (C=O) groups excluding carboxylic acids is 2. The maximum absolute atomic E-state index is 11.3. The van der Waals surface area contributed by atoms with E-state index in [-0.39, 0.29) is 6.03 Å². The van der Waals surface area contributed by atoms with E-state index in [9.17, 15) is 9.59 Å². The van der Waals surface area contributed by atoms with E-state index in [1.807, 2.05) is 13.8 Å².